The molecule has 0 saturated carbocycles. The van der Waals surface area contributed by atoms with Crippen molar-refractivity contribution < 1.29 is 33.8 Å². The Morgan fingerprint density at radius 2 is 1.93 bits per heavy atom. The van der Waals surface area contributed by atoms with Gasteiger partial charge in [0, 0.05) is 36.7 Å². The molecule has 2 aliphatic heterocycles. The van der Waals surface area contributed by atoms with E-state index in [0.29, 0.717) is 24.2 Å². The third-order valence-corrected chi connectivity index (χ3v) is 5.50. The first-order valence-electron chi connectivity index (χ1n) is 9.76. The van der Waals surface area contributed by atoms with Gasteiger partial charge in [-0.15, -0.1) is 0 Å². The van der Waals surface area contributed by atoms with Gasteiger partial charge in [-0.1, -0.05) is 26.8 Å². The molecule has 2 N–H and O–H groups in total. The molecule has 9 heteroatoms. The highest BCUT2D eigenvalue weighted by atomic mass is 16.6. The van der Waals surface area contributed by atoms with E-state index in [4.69, 9.17) is 9.47 Å². The highest BCUT2D eigenvalue weighted by molar-refractivity contribution is 6.03. The molecule has 1 aromatic rings. The van der Waals surface area contributed by atoms with Gasteiger partial charge in [0.2, 0.25) is 11.5 Å². The number of anilines is 2. The maximum Gasteiger partial charge on any atom is 0.352 e. The van der Waals surface area contributed by atoms with Crippen molar-refractivity contribution in [3.63, 3.8) is 0 Å². The molecule has 0 aliphatic carbocycles. The zero-order chi connectivity index (χ0) is 22.3. The Hall–Kier alpha value is -2.94. The Bertz CT molecular complexity index is 905. The van der Waals surface area contributed by atoms with Crippen LogP contribution in [0.2, 0.25) is 0 Å². The standard InChI is InChI=1S/C21H26N2O7/c1-12(24)30-21(19(27)28,20(2,3)4)17-18(26)23(9-10-29-17)14-7-5-13-6-8-16(25)22-15(13)11-14/h5,7,11,17H,6,8-10H2,1-4H3,(H,22,25)(H,27,28)/t17-,21+/m0/s1. The van der Waals surface area contributed by atoms with Crippen LogP contribution in [0.5, 0.6) is 0 Å². The van der Waals surface area contributed by atoms with Crippen molar-refractivity contribution in [3.8, 4) is 0 Å². The van der Waals surface area contributed by atoms with Gasteiger partial charge >= 0.3 is 11.9 Å². The van der Waals surface area contributed by atoms with Crippen molar-refractivity contribution in [1.82, 2.24) is 0 Å². The number of benzene rings is 1. The summed E-state index contributed by atoms with van der Waals surface area (Å²) in [7, 11) is 0. The Balaban J connectivity index is 2.01. The minimum absolute atomic E-state index is 0.0617. The van der Waals surface area contributed by atoms with Crippen molar-refractivity contribution in [2.75, 3.05) is 23.4 Å². The second kappa shape index (κ2) is 7.71. The monoisotopic (exact) mass is 418 g/mol. The van der Waals surface area contributed by atoms with E-state index < -0.39 is 35.0 Å². The van der Waals surface area contributed by atoms with Gasteiger partial charge < -0.3 is 24.8 Å². The van der Waals surface area contributed by atoms with Gasteiger partial charge in [-0.3, -0.25) is 14.4 Å². The lowest BCUT2D eigenvalue weighted by Gasteiger charge is -2.46. The van der Waals surface area contributed by atoms with Crippen LogP contribution in [0.3, 0.4) is 0 Å². The number of ether oxygens (including phenoxy) is 2. The molecule has 2 atom stereocenters. The number of fused-ring (bicyclic) bond motifs is 1. The van der Waals surface area contributed by atoms with Crippen molar-refractivity contribution >= 4 is 35.1 Å². The smallest absolute Gasteiger partial charge is 0.352 e. The molecule has 162 valence electrons. The molecule has 1 aromatic carbocycles. The van der Waals surface area contributed by atoms with Crippen molar-refractivity contribution in [2.45, 2.75) is 52.2 Å². The summed E-state index contributed by atoms with van der Waals surface area (Å²) in [5, 5.41) is 12.8. The number of esters is 1. The number of carboxylic acids is 1. The predicted molar refractivity (Wildman–Crippen MR) is 107 cm³/mol. The SMILES string of the molecule is CC(=O)O[C@@](C(=O)O)([C@H]1OCCN(c2ccc3c(c2)NC(=O)CC3)C1=O)C(C)(C)C. The number of carbonyl (C=O) groups is 4. The first-order chi connectivity index (χ1) is 14.0. The molecule has 9 nitrogen and oxygen atoms in total. The van der Waals surface area contributed by atoms with E-state index in [2.05, 4.69) is 5.32 Å². The number of carbonyl (C=O) groups excluding carboxylic acids is 3. The van der Waals surface area contributed by atoms with Gasteiger partial charge in [0.1, 0.15) is 0 Å². The van der Waals surface area contributed by atoms with Crippen LogP contribution in [0.4, 0.5) is 11.4 Å². The highest BCUT2D eigenvalue weighted by Gasteiger charge is 2.63. The lowest BCUT2D eigenvalue weighted by Crippen LogP contribution is -2.68. The molecule has 0 radical (unpaired) electrons. The van der Waals surface area contributed by atoms with Gasteiger partial charge in [-0.2, -0.15) is 0 Å². The fraction of sp³-hybridized carbons (Fsp3) is 0.524. The van der Waals surface area contributed by atoms with Crippen LogP contribution in [0.15, 0.2) is 18.2 Å². The van der Waals surface area contributed by atoms with E-state index in [9.17, 15) is 24.3 Å². The lowest BCUT2D eigenvalue weighted by atomic mass is 9.71. The molecule has 2 aliphatic rings. The zero-order valence-corrected chi connectivity index (χ0v) is 17.5. The largest absolute Gasteiger partial charge is 0.478 e. The van der Waals surface area contributed by atoms with Crippen LogP contribution < -0.4 is 10.2 Å². The number of nitrogens with zero attached hydrogens (tertiary/aromatic N) is 1. The van der Waals surface area contributed by atoms with Gasteiger partial charge in [0.25, 0.3) is 5.91 Å². The summed E-state index contributed by atoms with van der Waals surface area (Å²) >= 11 is 0. The van der Waals surface area contributed by atoms with Crippen LogP contribution in [-0.2, 0) is 35.1 Å². The lowest BCUT2D eigenvalue weighted by molar-refractivity contribution is -0.218. The normalized spacial score (nSPS) is 21.3. The molecular weight excluding hydrogens is 392 g/mol. The topological polar surface area (TPSA) is 122 Å². The average Bonchev–Trinajstić information content (AvgIpc) is 2.64. The quantitative estimate of drug-likeness (QED) is 0.714. The van der Waals surface area contributed by atoms with Gasteiger partial charge in [-0.05, 0) is 24.1 Å². The summed E-state index contributed by atoms with van der Waals surface area (Å²) in [5.74, 6) is -3.00. The first kappa shape index (κ1) is 21.8. The summed E-state index contributed by atoms with van der Waals surface area (Å²) in [6.07, 6.45) is -0.516. The molecule has 0 bridgehead atoms. The molecular formula is C21H26N2O7. The third kappa shape index (κ3) is 3.65. The summed E-state index contributed by atoms with van der Waals surface area (Å²) in [6, 6.07) is 5.28. The zero-order valence-electron chi connectivity index (χ0n) is 17.5. The molecule has 3 rings (SSSR count). The maximum atomic E-state index is 13.4. The van der Waals surface area contributed by atoms with Gasteiger partial charge in [0.05, 0.1) is 6.61 Å². The van der Waals surface area contributed by atoms with E-state index in [1.54, 1.807) is 32.9 Å². The molecule has 2 amide bonds. The molecule has 0 aromatic heterocycles. The van der Waals surface area contributed by atoms with Crippen LogP contribution in [0, 0.1) is 5.41 Å². The van der Waals surface area contributed by atoms with E-state index in [-0.39, 0.29) is 19.1 Å². The van der Waals surface area contributed by atoms with E-state index in [0.717, 1.165) is 12.5 Å². The molecule has 1 fully saturated rings. The van der Waals surface area contributed by atoms with Crippen molar-refractivity contribution in [2.24, 2.45) is 5.41 Å². The minimum Gasteiger partial charge on any atom is -0.478 e. The fourth-order valence-corrected chi connectivity index (χ4v) is 3.96. The molecule has 0 spiro atoms. The average molecular weight is 418 g/mol. The van der Waals surface area contributed by atoms with E-state index in [1.165, 1.54) is 4.90 Å². The Morgan fingerprint density at radius 3 is 2.53 bits per heavy atom. The van der Waals surface area contributed by atoms with Crippen molar-refractivity contribution in [1.29, 1.82) is 0 Å². The maximum absolute atomic E-state index is 13.4. The molecule has 1 saturated heterocycles. The number of aliphatic carboxylic acids is 1. The van der Waals surface area contributed by atoms with Crippen LogP contribution >= 0.6 is 0 Å². The van der Waals surface area contributed by atoms with Crippen LogP contribution in [0.1, 0.15) is 39.7 Å². The fourth-order valence-electron chi connectivity index (χ4n) is 3.96. The van der Waals surface area contributed by atoms with Crippen LogP contribution in [-0.4, -0.2) is 53.7 Å². The van der Waals surface area contributed by atoms with Crippen molar-refractivity contribution in [3.05, 3.63) is 23.8 Å². The first-order valence-corrected chi connectivity index (χ1v) is 9.76. The number of aryl methyl sites for hydroxylation is 1. The Kier molecular flexibility index (Phi) is 5.60. The molecule has 30 heavy (non-hydrogen) atoms. The summed E-state index contributed by atoms with van der Waals surface area (Å²) in [6.45, 7) is 6.09. The number of morpholine rings is 1. The summed E-state index contributed by atoms with van der Waals surface area (Å²) in [4.78, 5) is 50.7. The number of nitrogens with one attached hydrogen (secondary N) is 1. The second-order valence-electron chi connectivity index (χ2n) is 8.51. The van der Waals surface area contributed by atoms with E-state index in [1.807, 2.05) is 6.07 Å². The Labute approximate surface area is 174 Å². The number of amides is 2. The van der Waals surface area contributed by atoms with E-state index >= 15 is 0 Å². The van der Waals surface area contributed by atoms with Gasteiger partial charge in [0.15, 0.2) is 6.10 Å². The van der Waals surface area contributed by atoms with Crippen LogP contribution in [0.25, 0.3) is 0 Å². The minimum atomic E-state index is -2.21. The third-order valence-electron chi connectivity index (χ3n) is 5.50. The molecule has 0 unspecified atom stereocenters. The summed E-state index contributed by atoms with van der Waals surface area (Å²) < 4.78 is 10.9. The number of hydrogen-bond acceptors (Lipinski definition) is 6. The highest BCUT2D eigenvalue weighted by Crippen LogP contribution is 2.41. The Morgan fingerprint density at radius 1 is 1.23 bits per heavy atom. The number of hydrogen-bond donors (Lipinski definition) is 2. The summed E-state index contributed by atoms with van der Waals surface area (Å²) in [5.41, 5.74) is -1.26. The molecule has 2 heterocycles. The second-order valence-corrected chi connectivity index (χ2v) is 8.51. The predicted octanol–water partition coefficient (Wildman–Crippen LogP) is 1.74. The number of carboxylic acid groups (broad SMARTS) is 1. The number of rotatable bonds is 4. The van der Waals surface area contributed by atoms with Gasteiger partial charge in [-0.25, -0.2) is 4.79 Å².